The van der Waals surface area contributed by atoms with Crippen LogP contribution in [0.25, 0.3) is 0 Å². The van der Waals surface area contributed by atoms with Crippen molar-refractivity contribution in [3.05, 3.63) is 30.1 Å². The third-order valence-electron chi connectivity index (χ3n) is 5.20. The molecule has 0 spiro atoms. The first-order valence-electron chi connectivity index (χ1n) is 9.12. The second-order valence-corrected chi connectivity index (χ2v) is 7.22. The first kappa shape index (κ1) is 18.3. The highest BCUT2D eigenvalue weighted by Crippen LogP contribution is 2.25. The van der Waals surface area contributed by atoms with Gasteiger partial charge in [0.2, 0.25) is 11.9 Å². The number of aryl methyl sites for hydroxylation is 2. The van der Waals surface area contributed by atoms with Crippen LogP contribution < -0.4 is 5.32 Å². The van der Waals surface area contributed by atoms with E-state index in [0.717, 1.165) is 24.7 Å². The van der Waals surface area contributed by atoms with Gasteiger partial charge in [0, 0.05) is 51.4 Å². The number of anilines is 1. The number of carbonyl (C=O) groups is 1. The molecular weight excluding hydrogens is 330 g/mol. The molecule has 8 heteroatoms. The molecule has 0 bridgehead atoms. The fraction of sp³-hybridized carbons (Fsp3) is 0.611. The van der Waals surface area contributed by atoms with Gasteiger partial charge >= 0.3 is 0 Å². The Morgan fingerprint density at radius 3 is 2.42 bits per heavy atom. The van der Waals surface area contributed by atoms with Gasteiger partial charge in [0.15, 0.2) is 0 Å². The molecule has 3 heterocycles. The van der Waals surface area contributed by atoms with Crippen LogP contribution in [0.4, 0.5) is 5.95 Å². The van der Waals surface area contributed by atoms with E-state index in [4.69, 9.17) is 0 Å². The molecule has 3 rings (SSSR count). The van der Waals surface area contributed by atoms with Crippen molar-refractivity contribution in [3.8, 4) is 0 Å². The summed E-state index contributed by atoms with van der Waals surface area (Å²) in [4.78, 5) is 23.1. The van der Waals surface area contributed by atoms with E-state index < -0.39 is 0 Å². The smallest absolute Gasteiger partial charge is 0.223 e. The number of hydrogen-bond acceptors (Lipinski definition) is 6. The Balaban J connectivity index is 1.56. The van der Waals surface area contributed by atoms with E-state index >= 15 is 0 Å². The number of piperidine rings is 1. The summed E-state index contributed by atoms with van der Waals surface area (Å²) in [5, 5.41) is 11.6. The maximum atomic E-state index is 12.7. The zero-order valence-electron chi connectivity index (χ0n) is 15.9. The maximum absolute atomic E-state index is 12.7. The number of aromatic nitrogens is 5. The van der Waals surface area contributed by atoms with E-state index in [2.05, 4.69) is 39.3 Å². The van der Waals surface area contributed by atoms with Gasteiger partial charge in [-0.05, 0) is 24.8 Å². The molecule has 26 heavy (non-hydrogen) atoms. The summed E-state index contributed by atoms with van der Waals surface area (Å²) in [5.41, 5.74) is 0. The molecule has 2 aromatic heterocycles. The fourth-order valence-corrected chi connectivity index (χ4v) is 3.61. The van der Waals surface area contributed by atoms with E-state index in [1.54, 1.807) is 18.5 Å². The number of likely N-dealkylation sites (tertiary alicyclic amines) is 1. The van der Waals surface area contributed by atoms with Crippen molar-refractivity contribution in [3.63, 3.8) is 0 Å². The SMILES string of the molecule is Cc1nnc(CCC(=O)N2CC(C)C(Nc3ncccn3)C(C)C2)n1C. The molecule has 1 fully saturated rings. The fourth-order valence-electron chi connectivity index (χ4n) is 3.61. The minimum absolute atomic E-state index is 0.179. The molecule has 0 aromatic carbocycles. The third-order valence-corrected chi connectivity index (χ3v) is 5.20. The van der Waals surface area contributed by atoms with Gasteiger partial charge < -0.3 is 14.8 Å². The van der Waals surface area contributed by atoms with Gasteiger partial charge in [0.05, 0.1) is 0 Å². The highest BCUT2D eigenvalue weighted by atomic mass is 16.2. The van der Waals surface area contributed by atoms with Gasteiger partial charge in [-0.25, -0.2) is 9.97 Å². The van der Waals surface area contributed by atoms with E-state index in [-0.39, 0.29) is 11.9 Å². The molecule has 140 valence electrons. The van der Waals surface area contributed by atoms with Gasteiger partial charge in [-0.2, -0.15) is 0 Å². The topological polar surface area (TPSA) is 88.8 Å². The Morgan fingerprint density at radius 2 is 1.85 bits per heavy atom. The molecule has 1 N–H and O–H groups in total. The van der Waals surface area contributed by atoms with Crippen LogP contribution in [0.2, 0.25) is 0 Å². The Bertz CT molecular complexity index is 733. The average Bonchev–Trinajstić information content (AvgIpc) is 2.95. The van der Waals surface area contributed by atoms with Crippen molar-refractivity contribution in [2.75, 3.05) is 18.4 Å². The van der Waals surface area contributed by atoms with Crippen LogP contribution in [0, 0.1) is 18.8 Å². The normalized spacial score (nSPS) is 23.1. The molecule has 1 saturated heterocycles. The molecule has 1 amide bonds. The summed E-state index contributed by atoms with van der Waals surface area (Å²) < 4.78 is 1.94. The lowest BCUT2D eigenvalue weighted by atomic mass is 9.85. The quantitative estimate of drug-likeness (QED) is 0.871. The Labute approximate surface area is 154 Å². The van der Waals surface area contributed by atoms with Gasteiger partial charge in [-0.1, -0.05) is 13.8 Å². The third kappa shape index (κ3) is 4.00. The summed E-state index contributed by atoms with van der Waals surface area (Å²) >= 11 is 0. The van der Waals surface area contributed by atoms with Gasteiger partial charge in [0.1, 0.15) is 11.6 Å². The summed E-state index contributed by atoms with van der Waals surface area (Å²) in [7, 11) is 1.93. The number of nitrogens with zero attached hydrogens (tertiary/aromatic N) is 6. The van der Waals surface area contributed by atoms with Crippen molar-refractivity contribution in [2.24, 2.45) is 18.9 Å². The van der Waals surface area contributed by atoms with Crippen LogP contribution in [0.1, 0.15) is 31.9 Å². The van der Waals surface area contributed by atoms with Crippen LogP contribution in [-0.2, 0) is 18.3 Å². The number of amides is 1. The summed E-state index contributed by atoms with van der Waals surface area (Å²) in [6, 6.07) is 2.06. The number of hydrogen-bond donors (Lipinski definition) is 1. The summed E-state index contributed by atoms with van der Waals surface area (Å²) in [5.74, 6) is 3.19. The highest BCUT2D eigenvalue weighted by molar-refractivity contribution is 5.76. The first-order chi connectivity index (χ1) is 12.5. The molecule has 2 atom stereocenters. The van der Waals surface area contributed by atoms with E-state index in [0.29, 0.717) is 30.6 Å². The Morgan fingerprint density at radius 1 is 1.19 bits per heavy atom. The lowest BCUT2D eigenvalue weighted by Gasteiger charge is -2.41. The van der Waals surface area contributed by atoms with E-state index in [1.807, 2.05) is 23.4 Å². The molecule has 0 aliphatic carbocycles. The molecule has 0 radical (unpaired) electrons. The van der Waals surface area contributed by atoms with Crippen molar-refractivity contribution >= 4 is 11.9 Å². The highest BCUT2D eigenvalue weighted by Gasteiger charge is 2.34. The lowest BCUT2D eigenvalue weighted by molar-refractivity contribution is -0.134. The molecular formula is C18H27N7O. The predicted octanol–water partition coefficient (Wildman–Crippen LogP) is 1.44. The molecule has 8 nitrogen and oxygen atoms in total. The monoisotopic (exact) mass is 357 g/mol. The second-order valence-electron chi connectivity index (χ2n) is 7.22. The van der Waals surface area contributed by atoms with Gasteiger partial charge in [0.25, 0.3) is 0 Å². The number of rotatable bonds is 5. The van der Waals surface area contributed by atoms with Gasteiger partial charge in [-0.15, -0.1) is 10.2 Å². The van der Waals surface area contributed by atoms with Crippen molar-refractivity contribution in [1.29, 1.82) is 0 Å². The lowest BCUT2D eigenvalue weighted by Crippen LogP contribution is -2.52. The molecule has 2 aromatic rings. The number of carbonyl (C=O) groups excluding carboxylic acids is 1. The first-order valence-corrected chi connectivity index (χ1v) is 9.12. The summed E-state index contributed by atoms with van der Waals surface area (Å²) in [6.45, 7) is 7.73. The van der Waals surface area contributed by atoms with Crippen molar-refractivity contribution in [2.45, 2.75) is 39.7 Å². The van der Waals surface area contributed by atoms with Crippen LogP contribution in [-0.4, -0.2) is 54.7 Å². The van der Waals surface area contributed by atoms with Crippen LogP contribution in [0.5, 0.6) is 0 Å². The van der Waals surface area contributed by atoms with Crippen molar-refractivity contribution in [1.82, 2.24) is 29.6 Å². The van der Waals surface area contributed by atoms with Gasteiger partial charge in [-0.3, -0.25) is 4.79 Å². The number of nitrogens with one attached hydrogen (secondary N) is 1. The van der Waals surface area contributed by atoms with E-state index in [1.165, 1.54) is 0 Å². The molecule has 2 unspecified atom stereocenters. The predicted molar refractivity (Wildman–Crippen MR) is 98.4 cm³/mol. The molecule has 0 saturated carbocycles. The molecule has 1 aliphatic rings. The van der Waals surface area contributed by atoms with E-state index in [9.17, 15) is 4.79 Å². The Kier molecular flexibility index (Phi) is 5.49. The molecule has 1 aliphatic heterocycles. The van der Waals surface area contributed by atoms with Crippen molar-refractivity contribution < 1.29 is 4.79 Å². The minimum Gasteiger partial charge on any atom is -0.351 e. The second kappa shape index (κ2) is 7.80. The van der Waals surface area contributed by atoms with Crippen LogP contribution >= 0.6 is 0 Å². The standard InChI is InChI=1S/C18H27N7O/c1-12-10-25(16(26)7-6-15-23-22-14(3)24(15)4)11-13(2)17(12)21-18-19-8-5-9-20-18/h5,8-9,12-13,17H,6-7,10-11H2,1-4H3,(H,19,20,21). The van der Waals surface area contributed by atoms with Crippen LogP contribution in [0.15, 0.2) is 18.5 Å². The Hall–Kier alpha value is -2.51. The maximum Gasteiger partial charge on any atom is 0.223 e. The summed E-state index contributed by atoms with van der Waals surface area (Å²) in [6.07, 6.45) is 4.55. The van der Waals surface area contributed by atoms with Crippen LogP contribution in [0.3, 0.4) is 0 Å². The average molecular weight is 357 g/mol. The minimum atomic E-state index is 0.179. The zero-order valence-corrected chi connectivity index (χ0v) is 15.9. The largest absolute Gasteiger partial charge is 0.351 e. The zero-order chi connectivity index (χ0) is 18.7.